The van der Waals surface area contributed by atoms with Crippen molar-refractivity contribution >= 4 is 11.8 Å². The number of hydrogen-bond acceptors (Lipinski definition) is 6. The molecule has 2 aliphatic rings. The van der Waals surface area contributed by atoms with Crippen LogP contribution in [0, 0.1) is 11.3 Å². The highest BCUT2D eigenvalue weighted by atomic mass is 16.5. The van der Waals surface area contributed by atoms with Crippen LogP contribution in [0.5, 0.6) is 5.75 Å². The van der Waals surface area contributed by atoms with E-state index >= 15 is 0 Å². The topological polar surface area (TPSA) is 106 Å². The molecule has 2 saturated heterocycles. The number of likely N-dealkylation sites (tertiary alicyclic amines) is 1. The first-order valence-corrected chi connectivity index (χ1v) is 11.4. The molecule has 0 radical (unpaired) electrons. The molecule has 3 N–H and O–H groups in total. The number of amides is 2. The van der Waals surface area contributed by atoms with Crippen LogP contribution in [0.15, 0.2) is 48.5 Å². The predicted molar refractivity (Wildman–Crippen MR) is 123 cm³/mol. The molecule has 0 aliphatic carbocycles. The summed E-state index contributed by atoms with van der Waals surface area (Å²) in [6, 6.07) is 16.4. The highest BCUT2D eigenvalue weighted by Gasteiger charge is 2.34. The Morgan fingerprint density at radius 3 is 2.42 bits per heavy atom. The monoisotopic (exact) mass is 447 g/mol. The molecule has 2 aromatic rings. The van der Waals surface area contributed by atoms with Gasteiger partial charge in [0.1, 0.15) is 11.8 Å². The molecular formula is C25H29N5O3. The lowest BCUT2D eigenvalue weighted by Gasteiger charge is -2.33. The summed E-state index contributed by atoms with van der Waals surface area (Å²) in [6.07, 6.45) is 2.12. The number of nitrogens with zero attached hydrogens (tertiary/aromatic N) is 2. The lowest BCUT2D eigenvalue weighted by Crippen LogP contribution is -2.51. The van der Waals surface area contributed by atoms with Crippen LogP contribution in [0.25, 0.3) is 0 Å². The van der Waals surface area contributed by atoms with Gasteiger partial charge in [0.25, 0.3) is 5.91 Å². The van der Waals surface area contributed by atoms with Gasteiger partial charge in [-0.2, -0.15) is 5.26 Å². The van der Waals surface area contributed by atoms with E-state index in [0.717, 1.165) is 24.2 Å². The minimum Gasteiger partial charge on any atom is -0.494 e. The van der Waals surface area contributed by atoms with Gasteiger partial charge in [-0.1, -0.05) is 12.1 Å². The Labute approximate surface area is 193 Å². The fourth-order valence-electron chi connectivity index (χ4n) is 4.33. The maximum absolute atomic E-state index is 13.0. The molecule has 0 saturated carbocycles. The standard InChI is InChI=1S/C25H29N5O3/c1-2-33-21-9-7-18(8-10-21)22-15-23(29-28-22)25(32)30-13-11-20(12-14-30)27-24(31)19-5-3-17(16-26)4-6-19/h3-10,20,22-23,28-29H,2,11-15H2,1H3,(H,27,31). The van der Waals surface area contributed by atoms with Gasteiger partial charge >= 0.3 is 0 Å². The van der Waals surface area contributed by atoms with Gasteiger partial charge in [-0.05, 0) is 68.1 Å². The number of benzene rings is 2. The van der Waals surface area contributed by atoms with E-state index < -0.39 is 0 Å². The van der Waals surface area contributed by atoms with E-state index in [-0.39, 0.29) is 29.9 Å². The minimum atomic E-state index is -0.272. The Morgan fingerprint density at radius 2 is 1.79 bits per heavy atom. The molecular weight excluding hydrogens is 418 g/mol. The number of hydrogen-bond donors (Lipinski definition) is 3. The largest absolute Gasteiger partial charge is 0.494 e. The molecule has 2 aliphatic heterocycles. The van der Waals surface area contributed by atoms with Crippen molar-refractivity contribution in [1.29, 1.82) is 5.26 Å². The first-order valence-electron chi connectivity index (χ1n) is 11.4. The van der Waals surface area contributed by atoms with Crippen LogP contribution in [0.1, 0.15) is 53.7 Å². The molecule has 4 rings (SSSR count). The Hall–Kier alpha value is -3.41. The smallest absolute Gasteiger partial charge is 0.251 e. The van der Waals surface area contributed by atoms with E-state index in [1.54, 1.807) is 24.3 Å². The van der Waals surface area contributed by atoms with Crippen LogP contribution in [-0.2, 0) is 4.79 Å². The second-order valence-corrected chi connectivity index (χ2v) is 8.39. The SMILES string of the molecule is CCOc1ccc(C2CC(C(=O)N3CCC(NC(=O)c4ccc(C#N)cc4)CC3)NN2)cc1. The number of nitrogens with one attached hydrogen (secondary N) is 3. The van der Waals surface area contributed by atoms with Crippen LogP contribution < -0.4 is 20.9 Å². The average Bonchev–Trinajstić information content (AvgIpc) is 3.35. The van der Waals surface area contributed by atoms with Gasteiger partial charge in [0.15, 0.2) is 0 Å². The molecule has 33 heavy (non-hydrogen) atoms. The summed E-state index contributed by atoms with van der Waals surface area (Å²) in [5.74, 6) is 0.783. The van der Waals surface area contributed by atoms with Gasteiger partial charge in [-0.15, -0.1) is 0 Å². The van der Waals surface area contributed by atoms with Gasteiger partial charge in [0.2, 0.25) is 5.91 Å². The number of nitriles is 1. The number of hydrazine groups is 1. The van der Waals surface area contributed by atoms with Crippen molar-refractivity contribution in [2.45, 2.75) is 44.3 Å². The summed E-state index contributed by atoms with van der Waals surface area (Å²) in [7, 11) is 0. The maximum Gasteiger partial charge on any atom is 0.251 e. The number of rotatable bonds is 6. The molecule has 8 heteroatoms. The summed E-state index contributed by atoms with van der Waals surface area (Å²) in [5, 5.41) is 11.9. The molecule has 0 aromatic heterocycles. The second-order valence-electron chi connectivity index (χ2n) is 8.39. The van der Waals surface area contributed by atoms with Gasteiger partial charge in [-0.3, -0.25) is 9.59 Å². The van der Waals surface area contributed by atoms with Crippen LogP contribution in [0.4, 0.5) is 0 Å². The van der Waals surface area contributed by atoms with Gasteiger partial charge in [0.05, 0.1) is 18.2 Å². The van der Waals surface area contributed by atoms with Crippen molar-refractivity contribution in [1.82, 2.24) is 21.1 Å². The van der Waals surface area contributed by atoms with E-state index in [9.17, 15) is 9.59 Å². The zero-order valence-electron chi connectivity index (χ0n) is 18.7. The fourth-order valence-corrected chi connectivity index (χ4v) is 4.33. The van der Waals surface area contributed by atoms with Gasteiger partial charge in [0, 0.05) is 30.7 Å². The van der Waals surface area contributed by atoms with Gasteiger partial charge < -0.3 is 15.0 Å². The van der Waals surface area contributed by atoms with Crippen LogP contribution >= 0.6 is 0 Å². The molecule has 8 nitrogen and oxygen atoms in total. The third kappa shape index (κ3) is 5.51. The lowest BCUT2D eigenvalue weighted by atomic mass is 9.99. The molecule has 172 valence electrons. The van der Waals surface area contributed by atoms with Crippen molar-refractivity contribution in [2.75, 3.05) is 19.7 Å². The molecule has 2 amide bonds. The molecule has 2 aromatic carbocycles. The number of carbonyl (C=O) groups excluding carboxylic acids is 2. The normalized spacial score (nSPS) is 20.8. The van der Waals surface area contributed by atoms with Crippen LogP contribution in [0.3, 0.4) is 0 Å². The first kappa shape index (κ1) is 22.8. The van der Waals surface area contributed by atoms with Crippen LogP contribution in [-0.4, -0.2) is 48.5 Å². The van der Waals surface area contributed by atoms with Crippen molar-refractivity contribution < 1.29 is 14.3 Å². The van der Waals surface area contributed by atoms with Crippen LogP contribution in [0.2, 0.25) is 0 Å². The van der Waals surface area contributed by atoms with E-state index in [0.29, 0.717) is 37.2 Å². The summed E-state index contributed by atoms with van der Waals surface area (Å²) < 4.78 is 5.49. The zero-order valence-corrected chi connectivity index (χ0v) is 18.7. The van der Waals surface area contributed by atoms with E-state index in [1.165, 1.54) is 0 Å². The van der Waals surface area contributed by atoms with Crippen molar-refractivity contribution in [3.05, 3.63) is 65.2 Å². The molecule has 2 heterocycles. The summed E-state index contributed by atoms with van der Waals surface area (Å²) in [4.78, 5) is 27.4. The average molecular weight is 448 g/mol. The predicted octanol–water partition coefficient (Wildman–Crippen LogP) is 2.29. The van der Waals surface area contributed by atoms with E-state index in [2.05, 4.69) is 16.2 Å². The quantitative estimate of drug-likeness (QED) is 0.627. The summed E-state index contributed by atoms with van der Waals surface area (Å²) in [6.45, 7) is 3.82. The first-order chi connectivity index (χ1) is 16.1. The molecule has 0 bridgehead atoms. The maximum atomic E-state index is 13.0. The number of piperidine rings is 1. The summed E-state index contributed by atoms with van der Waals surface area (Å²) >= 11 is 0. The molecule has 2 fully saturated rings. The fraction of sp³-hybridized carbons (Fsp3) is 0.400. The molecule has 2 unspecified atom stereocenters. The zero-order chi connectivity index (χ0) is 23.2. The highest BCUT2D eigenvalue weighted by Crippen LogP contribution is 2.26. The Kier molecular flexibility index (Phi) is 7.23. The van der Waals surface area contributed by atoms with E-state index in [4.69, 9.17) is 10.00 Å². The molecule has 0 spiro atoms. The third-order valence-corrected chi connectivity index (χ3v) is 6.21. The number of carbonyl (C=O) groups is 2. The second kappa shape index (κ2) is 10.5. The van der Waals surface area contributed by atoms with Crippen molar-refractivity contribution in [3.8, 4) is 11.8 Å². The Morgan fingerprint density at radius 1 is 1.09 bits per heavy atom. The van der Waals surface area contributed by atoms with Gasteiger partial charge in [-0.25, -0.2) is 10.9 Å². The highest BCUT2D eigenvalue weighted by molar-refractivity contribution is 5.94. The summed E-state index contributed by atoms with van der Waals surface area (Å²) in [5.41, 5.74) is 8.57. The van der Waals surface area contributed by atoms with Crippen molar-refractivity contribution in [2.24, 2.45) is 0 Å². The molecule has 2 atom stereocenters. The van der Waals surface area contributed by atoms with Crippen molar-refractivity contribution in [3.63, 3.8) is 0 Å². The Bertz CT molecular complexity index is 1010. The van der Waals surface area contributed by atoms with E-state index in [1.807, 2.05) is 42.2 Å². The minimum absolute atomic E-state index is 0.0310. The number of ether oxygens (including phenoxy) is 1. The Balaban J connectivity index is 1.24. The third-order valence-electron chi connectivity index (χ3n) is 6.21. The lowest BCUT2D eigenvalue weighted by molar-refractivity contribution is -0.134.